The fourth-order valence-corrected chi connectivity index (χ4v) is 1.56. The number of hydrogen-bond acceptors (Lipinski definition) is 1. The highest BCUT2D eigenvalue weighted by molar-refractivity contribution is 6.31. The number of carbonyl (C=O) groups is 1. The lowest BCUT2D eigenvalue weighted by atomic mass is 10.2. The molecule has 0 spiro atoms. The van der Waals surface area contributed by atoms with E-state index in [0.717, 1.165) is 6.07 Å². The number of H-pyrrole nitrogens is 1. The lowest BCUT2D eigenvalue weighted by molar-refractivity contribution is -0.0887. The molecule has 1 heterocycles. The zero-order chi connectivity index (χ0) is 11.9. The number of aromatic amines is 1. The topological polar surface area (TPSA) is 32.9 Å². The molecule has 16 heavy (non-hydrogen) atoms. The van der Waals surface area contributed by atoms with E-state index >= 15 is 0 Å². The molecule has 0 saturated carbocycles. The van der Waals surface area contributed by atoms with Crippen LogP contribution in [0.2, 0.25) is 5.02 Å². The van der Waals surface area contributed by atoms with Crippen molar-refractivity contribution in [1.82, 2.24) is 4.98 Å². The normalized spacial score (nSPS) is 12.0. The highest BCUT2D eigenvalue weighted by Gasteiger charge is 2.40. The molecule has 0 aliphatic heterocycles. The van der Waals surface area contributed by atoms with Crippen LogP contribution in [0.5, 0.6) is 0 Å². The van der Waals surface area contributed by atoms with E-state index < -0.39 is 17.7 Å². The summed E-state index contributed by atoms with van der Waals surface area (Å²) in [4.78, 5) is 13.3. The van der Waals surface area contributed by atoms with Crippen LogP contribution in [0.25, 0.3) is 10.9 Å². The molecule has 0 saturated heterocycles. The van der Waals surface area contributed by atoms with E-state index in [0.29, 0.717) is 15.9 Å². The van der Waals surface area contributed by atoms with Gasteiger partial charge in [0.15, 0.2) is 0 Å². The van der Waals surface area contributed by atoms with Crippen LogP contribution < -0.4 is 0 Å². The van der Waals surface area contributed by atoms with Gasteiger partial charge in [0.2, 0.25) is 0 Å². The number of nitrogens with one attached hydrogen (secondary N) is 1. The highest BCUT2D eigenvalue weighted by atomic mass is 35.5. The molecular weight excluding hydrogens is 243 g/mol. The second-order valence-electron chi connectivity index (χ2n) is 3.24. The van der Waals surface area contributed by atoms with E-state index in [1.807, 2.05) is 0 Å². The Bertz CT molecular complexity index is 559. The minimum atomic E-state index is -4.87. The van der Waals surface area contributed by atoms with Crippen molar-refractivity contribution >= 4 is 28.3 Å². The average molecular weight is 248 g/mol. The van der Waals surface area contributed by atoms with Crippen LogP contribution in [0.3, 0.4) is 0 Å². The molecule has 1 N–H and O–H groups in total. The highest BCUT2D eigenvalue weighted by Crippen LogP contribution is 2.25. The second kappa shape index (κ2) is 3.52. The Hall–Kier alpha value is -1.49. The summed E-state index contributed by atoms with van der Waals surface area (Å²) in [6.45, 7) is 0. The first kappa shape index (κ1) is 11.0. The lowest BCUT2D eigenvalue weighted by Crippen LogP contribution is -2.22. The van der Waals surface area contributed by atoms with Crippen molar-refractivity contribution in [2.24, 2.45) is 0 Å². The molecule has 2 aromatic rings. The third-order valence-electron chi connectivity index (χ3n) is 2.08. The minimum Gasteiger partial charge on any atom is -0.352 e. The van der Waals surface area contributed by atoms with Gasteiger partial charge in [0, 0.05) is 15.9 Å². The summed E-state index contributed by atoms with van der Waals surface area (Å²) in [5, 5.41) is 0.873. The van der Waals surface area contributed by atoms with Crippen molar-refractivity contribution in [2.75, 3.05) is 0 Å². The number of fused-ring (bicyclic) bond motifs is 1. The SMILES string of the molecule is O=C(c1cc2cc(Cl)ccc2[nH]1)C(F)(F)F. The maximum Gasteiger partial charge on any atom is 0.456 e. The number of carbonyl (C=O) groups excluding carboxylic acids is 1. The van der Waals surface area contributed by atoms with E-state index in [-0.39, 0.29) is 0 Å². The molecule has 0 aliphatic rings. The van der Waals surface area contributed by atoms with Gasteiger partial charge < -0.3 is 4.98 Å². The molecule has 0 bridgehead atoms. The number of hydrogen-bond donors (Lipinski definition) is 1. The molecule has 1 aromatic carbocycles. The Labute approximate surface area is 93.0 Å². The largest absolute Gasteiger partial charge is 0.456 e. The standard InChI is InChI=1S/C10H5ClF3NO/c11-6-1-2-7-5(3-6)4-8(15-7)9(16)10(12,13)14/h1-4,15H. The Kier molecular flexibility index (Phi) is 2.42. The maximum absolute atomic E-state index is 12.1. The van der Waals surface area contributed by atoms with E-state index in [2.05, 4.69) is 4.98 Å². The van der Waals surface area contributed by atoms with E-state index in [9.17, 15) is 18.0 Å². The van der Waals surface area contributed by atoms with Crippen molar-refractivity contribution in [3.63, 3.8) is 0 Å². The summed E-state index contributed by atoms with van der Waals surface area (Å²) in [6.07, 6.45) is -4.87. The number of aromatic nitrogens is 1. The zero-order valence-corrected chi connectivity index (χ0v) is 8.49. The van der Waals surface area contributed by atoms with Crippen molar-refractivity contribution in [1.29, 1.82) is 0 Å². The van der Waals surface area contributed by atoms with Crippen molar-refractivity contribution in [3.8, 4) is 0 Å². The molecule has 0 amide bonds. The molecule has 1 aromatic heterocycles. The van der Waals surface area contributed by atoms with Gasteiger partial charge >= 0.3 is 6.18 Å². The van der Waals surface area contributed by atoms with Crippen LogP contribution in [0.4, 0.5) is 13.2 Å². The van der Waals surface area contributed by atoms with Gasteiger partial charge in [-0.2, -0.15) is 13.2 Å². The van der Waals surface area contributed by atoms with Crippen LogP contribution in [0, 0.1) is 0 Å². The third-order valence-corrected chi connectivity index (χ3v) is 2.32. The summed E-state index contributed by atoms with van der Waals surface area (Å²) >= 11 is 5.68. The molecular formula is C10H5ClF3NO. The molecule has 0 atom stereocenters. The third kappa shape index (κ3) is 1.90. The Morgan fingerprint density at radius 2 is 1.94 bits per heavy atom. The number of halogens is 4. The first-order valence-electron chi connectivity index (χ1n) is 4.28. The number of Topliss-reactive ketones (excluding diaryl/α,β-unsaturated/α-hetero) is 1. The molecule has 2 nitrogen and oxygen atoms in total. The van der Waals surface area contributed by atoms with E-state index in [1.165, 1.54) is 18.2 Å². The lowest BCUT2D eigenvalue weighted by Gasteiger charge is -2.01. The van der Waals surface area contributed by atoms with Gasteiger partial charge in [0.05, 0.1) is 5.69 Å². The molecule has 0 radical (unpaired) electrons. The summed E-state index contributed by atoms with van der Waals surface area (Å²) < 4.78 is 36.4. The van der Waals surface area contributed by atoms with Gasteiger partial charge in [0.25, 0.3) is 5.78 Å². The van der Waals surface area contributed by atoms with Gasteiger partial charge in [-0.3, -0.25) is 4.79 Å². The quantitative estimate of drug-likeness (QED) is 0.768. The van der Waals surface area contributed by atoms with Gasteiger partial charge in [-0.1, -0.05) is 11.6 Å². The molecule has 0 unspecified atom stereocenters. The van der Waals surface area contributed by atoms with Gasteiger partial charge in [-0.15, -0.1) is 0 Å². The van der Waals surface area contributed by atoms with Gasteiger partial charge in [-0.25, -0.2) is 0 Å². The molecule has 6 heteroatoms. The van der Waals surface area contributed by atoms with Crippen molar-refractivity contribution in [3.05, 3.63) is 35.0 Å². The number of alkyl halides is 3. The maximum atomic E-state index is 12.1. The fourth-order valence-electron chi connectivity index (χ4n) is 1.38. The monoisotopic (exact) mass is 247 g/mol. The second-order valence-corrected chi connectivity index (χ2v) is 3.68. The zero-order valence-electron chi connectivity index (χ0n) is 7.73. The van der Waals surface area contributed by atoms with Gasteiger partial charge in [-0.05, 0) is 24.3 Å². The predicted molar refractivity (Wildman–Crippen MR) is 53.7 cm³/mol. The van der Waals surface area contributed by atoms with Gasteiger partial charge in [0.1, 0.15) is 0 Å². The number of ketones is 1. The fraction of sp³-hybridized carbons (Fsp3) is 0.100. The molecule has 84 valence electrons. The van der Waals surface area contributed by atoms with Crippen LogP contribution in [-0.2, 0) is 0 Å². The van der Waals surface area contributed by atoms with Crippen LogP contribution in [0.1, 0.15) is 10.5 Å². The van der Waals surface area contributed by atoms with E-state index in [1.54, 1.807) is 0 Å². The molecule has 2 rings (SSSR count). The summed E-state index contributed by atoms with van der Waals surface area (Å²) in [7, 11) is 0. The van der Waals surface area contributed by atoms with Crippen LogP contribution in [0.15, 0.2) is 24.3 Å². The summed E-state index contributed by atoms with van der Waals surface area (Å²) in [6, 6.07) is 5.67. The van der Waals surface area contributed by atoms with Crippen molar-refractivity contribution in [2.45, 2.75) is 6.18 Å². The Morgan fingerprint density at radius 1 is 1.25 bits per heavy atom. The minimum absolute atomic E-state index is 0.400. The first-order valence-corrected chi connectivity index (χ1v) is 4.65. The average Bonchev–Trinajstić information content (AvgIpc) is 2.57. The first-order chi connectivity index (χ1) is 7.38. The Balaban J connectivity index is 2.52. The van der Waals surface area contributed by atoms with Crippen LogP contribution >= 0.6 is 11.6 Å². The predicted octanol–water partition coefficient (Wildman–Crippen LogP) is 3.57. The number of rotatable bonds is 1. The van der Waals surface area contributed by atoms with Crippen molar-refractivity contribution < 1.29 is 18.0 Å². The summed E-state index contributed by atoms with van der Waals surface area (Å²) in [5.41, 5.74) is -0.0400. The molecule has 0 fully saturated rings. The number of benzene rings is 1. The summed E-state index contributed by atoms with van der Waals surface area (Å²) in [5.74, 6) is -1.89. The smallest absolute Gasteiger partial charge is 0.352 e. The Morgan fingerprint density at radius 3 is 2.56 bits per heavy atom. The van der Waals surface area contributed by atoms with Crippen LogP contribution in [-0.4, -0.2) is 16.9 Å². The molecule has 0 aliphatic carbocycles. The van der Waals surface area contributed by atoms with E-state index in [4.69, 9.17) is 11.6 Å².